The normalized spacial score (nSPS) is 28.8. The predicted molar refractivity (Wildman–Crippen MR) is 185 cm³/mol. The number of fused-ring (bicyclic) bond motifs is 2. The van der Waals surface area contributed by atoms with Gasteiger partial charge >= 0.3 is 10.4 Å². The van der Waals surface area contributed by atoms with Crippen molar-refractivity contribution in [3.8, 4) is 51.7 Å². The van der Waals surface area contributed by atoms with Gasteiger partial charge in [0.2, 0.25) is 0 Å². The maximum Gasteiger partial charge on any atom is 0.397 e. The molecule has 0 amide bonds. The smallest absolute Gasteiger partial charge is 0.397 e. The van der Waals surface area contributed by atoms with Gasteiger partial charge in [-0.05, 0) is 35.4 Å². The monoisotopic (exact) mass is 804 g/mol. The minimum Gasteiger partial charge on any atom is -0.508 e. The fraction of sp³-hybridized carbons (Fsp3) is 0.333. The van der Waals surface area contributed by atoms with Crippen molar-refractivity contribution < 1.29 is 92.6 Å². The molecule has 0 saturated carbocycles. The molecule has 4 aromatic rings. The van der Waals surface area contributed by atoms with Crippen LogP contribution in [0.15, 0.2) is 54.6 Å². The van der Waals surface area contributed by atoms with Crippen LogP contribution in [0.2, 0.25) is 0 Å². The molecule has 10 unspecified atom stereocenters. The fourth-order valence-electron chi connectivity index (χ4n) is 7.61. The number of hydrogen-bond donors (Lipinski definition) is 13. The lowest BCUT2D eigenvalue weighted by Crippen LogP contribution is -2.56. The van der Waals surface area contributed by atoms with Crippen LogP contribution >= 0.6 is 0 Å². The zero-order valence-corrected chi connectivity index (χ0v) is 29.4. The number of phenolic OH excluding ortho intramolecular Hbond substituents is 7. The van der Waals surface area contributed by atoms with Crippen molar-refractivity contribution in [1.29, 1.82) is 0 Å². The summed E-state index contributed by atoms with van der Waals surface area (Å²) in [5, 5.41) is 131. The summed E-state index contributed by atoms with van der Waals surface area (Å²) in [7, 11) is -5.45. The SMILES string of the molecule is O=S(=O)(O)OC1C(c2c(O)cc(O)c3c2OC(c2ccc(O)c(O)c2)C(O)C3c2c(O)cc(O)c3c2OC(c2cccc(O)c2)C(O)C3)OC(CO)C(O)C1O. The van der Waals surface area contributed by atoms with Crippen LogP contribution in [-0.2, 0) is 25.7 Å². The Morgan fingerprint density at radius 2 is 1.27 bits per heavy atom. The molecular formula is C36H36O19S. The molecule has 1 saturated heterocycles. The van der Waals surface area contributed by atoms with E-state index in [-0.39, 0.29) is 40.2 Å². The molecule has 3 aliphatic rings. The van der Waals surface area contributed by atoms with Crippen LogP contribution in [0.1, 0.15) is 57.6 Å². The molecule has 0 aromatic heterocycles. The second-order valence-electron chi connectivity index (χ2n) is 13.6. The van der Waals surface area contributed by atoms with E-state index in [4.69, 9.17) is 18.4 Å². The quantitative estimate of drug-likeness (QED) is 0.0900. The summed E-state index contributed by atoms with van der Waals surface area (Å²) in [5.41, 5.74) is -1.33. The predicted octanol–water partition coefficient (Wildman–Crippen LogP) is 0.631. The number of rotatable bonds is 7. The molecule has 300 valence electrons. The largest absolute Gasteiger partial charge is 0.508 e. The highest BCUT2D eigenvalue weighted by molar-refractivity contribution is 7.80. The summed E-state index contributed by atoms with van der Waals surface area (Å²) in [6.45, 7) is -0.983. The number of aromatic hydroxyl groups is 7. The van der Waals surface area contributed by atoms with E-state index in [0.717, 1.165) is 18.2 Å². The maximum absolute atomic E-state index is 12.2. The Morgan fingerprint density at radius 3 is 1.91 bits per heavy atom. The summed E-state index contributed by atoms with van der Waals surface area (Å²) in [6, 6.07) is 10.5. The van der Waals surface area contributed by atoms with Gasteiger partial charge in [-0.1, -0.05) is 18.2 Å². The van der Waals surface area contributed by atoms with E-state index in [0.29, 0.717) is 6.07 Å². The standard InChI is InChI=1S/C36H36O19S/c37-11-23-28(46)30(48)36(55-56(49,50)51)35(52-23)26-21(44)10-20(43)25-27(29(47)32(54-34(25)26)13-4-5-16(39)18(41)7-13)24-19(42)9-17(40)15-8-22(45)31(53-33(15)24)12-2-1-3-14(38)6-12/h1-7,9-10,22-23,27-32,35-48H,8,11H2,(H,49,50,51). The van der Waals surface area contributed by atoms with E-state index >= 15 is 0 Å². The van der Waals surface area contributed by atoms with Gasteiger partial charge in [0.1, 0.15) is 83.0 Å². The summed E-state index contributed by atoms with van der Waals surface area (Å²) in [5.74, 6) is -7.19. The molecule has 56 heavy (non-hydrogen) atoms. The Balaban J connectivity index is 1.50. The van der Waals surface area contributed by atoms with E-state index in [9.17, 15) is 74.2 Å². The second kappa shape index (κ2) is 14.3. The van der Waals surface area contributed by atoms with Gasteiger partial charge in [-0.2, -0.15) is 8.42 Å². The summed E-state index contributed by atoms with van der Waals surface area (Å²) >= 11 is 0. The van der Waals surface area contributed by atoms with Gasteiger partial charge in [0.15, 0.2) is 17.6 Å². The van der Waals surface area contributed by atoms with Crippen molar-refractivity contribution in [2.24, 2.45) is 0 Å². The lowest BCUT2D eigenvalue weighted by Gasteiger charge is -2.44. The first-order valence-electron chi connectivity index (χ1n) is 16.8. The highest BCUT2D eigenvalue weighted by Gasteiger charge is 2.53. The summed E-state index contributed by atoms with van der Waals surface area (Å²) < 4.78 is 56.5. The van der Waals surface area contributed by atoms with E-state index in [1.54, 1.807) is 0 Å². The number of aliphatic hydroxyl groups excluding tert-OH is 5. The lowest BCUT2D eigenvalue weighted by atomic mass is 9.76. The highest BCUT2D eigenvalue weighted by atomic mass is 32.3. The van der Waals surface area contributed by atoms with E-state index in [2.05, 4.69) is 0 Å². The van der Waals surface area contributed by atoms with Crippen LogP contribution in [0.4, 0.5) is 0 Å². The minimum absolute atomic E-state index is 0.0700. The number of aliphatic hydroxyl groups is 5. The molecule has 0 radical (unpaired) electrons. The third-order valence-electron chi connectivity index (χ3n) is 10.1. The average molecular weight is 805 g/mol. The molecule has 3 heterocycles. The Bertz CT molecular complexity index is 2280. The van der Waals surface area contributed by atoms with Gasteiger partial charge in [-0.15, -0.1) is 0 Å². The van der Waals surface area contributed by atoms with Crippen LogP contribution in [0.5, 0.6) is 51.7 Å². The van der Waals surface area contributed by atoms with Gasteiger partial charge < -0.3 is 75.5 Å². The number of ether oxygens (including phenoxy) is 3. The van der Waals surface area contributed by atoms with Crippen molar-refractivity contribution in [3.05, 3.63) is 88.0 Å². The molecular weight excluding hydrogens is 768 g/mol. The van der Waals surface area contributed by atoms with Crippen LogP contribution in [0, 0.1) is 0 Å². The Labute approximate surface area is 316 Å². The van der Waals surface area contributed by atoms with Crippen LogP contribution in [-0.4, -0.2) is 117 Å². The molecule has 1 fully saturated rings. The average Bonchev–Trinajstić information content (AvgIpc) is 3.12. The minimum atomic E-state index is -5.45. The second-order valence-corrected chi connectivity index (χ2v) is 14.7. The Morgan fingerprint density at radius 1 is 0.643 bits per heavy atom. The molecule has 10 atom stereocenters. The first kappa shape index (κ1) is 39.0. The molecule has 20 heteroatoms. The van der Waals surface area contributed by atoms with Crippen molar-refractivity contribution in [1.82, 2.24) is 0 Å². The van der Waals surface area contributed by atoms with Crippen LogP contribution in [0.25, 0.3) is 0 Å². The van der Waals surface area contributed by atoms with E-state index in [1.807, 2.05) is 0 Å². The first-order chi connectivity index (χ1) is 26.4. The van der Waals surface area contributed by atoms with Gasteiger partial charge in [0.05, 0.1) is 24.2 Å². The topological polar surface area (TPSA) is 334 Å². The van der Waals surface area contributed by atoms with Crippen molar-refractivity contribution >= 4 is 10.4 Å². The first-order valence-corrected chi connectivity index (χ1v) is 18.2. The summed E-state index contributed by atoms with van der Waals surface area (Å²) in [4.78, 5) is 0. The van der Waals surface area contributed by atoms with Crippen molar-refractivity contribution in [2.45, 2.75) is 67.3 Å². The fourth-order valence-corrected chi connectivity index (χ4v) is 8.11. The van der Waals surface area contributed by atoms with Gasteiger partial charge in [0.25, 0.3) is 0 Å². The van der Waals surface area contributed by atoms with Gasteiger partial charge in [-0.3, -0.25) is 4.55 Å². The zero-order valence-electron chi connectivity index (χ0n) is 28.6. The lowest BCUT2D eigenvalue weighted by molar-refractivity contribution is -0.226. The molecule has 0 aliphatic carbocycles. The molecule has 19 nitrogen and oxygen atoms in total. The van der Waals surface area contributed by atoms with E-state index < -0.39 is 129 Å². The number of benzene rings is 4. The third-order valence-corrected chi connectivity index (χ3v) is 10.6. The van der Waals surface area contributed by atoms with Crippen molar-refractivity contribution in [2.75, 3.05) is 6.61 Å². The molecule has 3 aliphatic heterocycles. The molecule has 13 N–H and O–H groups in total. The number of phenols is 7. The zero-order chi connectivity index (χ0) is 40.5. The summed E-state index contributed by atoms with van der Waals surface area (Å²) in [6.07, 6.45) is -16.8. The molecule has 7 rings (SSSR count). The molecule has 4 aromatic carbocycles. The van der Waals surface area contributed by atoms with Gasteiger partial charge in [-0.25, -0.2) is 4.18 Å². The van der Waals surface area contributed by atoms with Crippen molar-refractivity contribution in [3.63, 3.8) is 0 Å². The van der Waals surface area contributed by atoms with Crippen LogP contribution in [0.3, 0.4) is 0 Å². The third kappa shape index (κ3) is 6.69. The highest BCUT2D eigenvalue weighted by Crippen LogP contribution is 2.60. The van der Waals surface area contributed by atoms with Gasteiger partial charge in [0, 0.05) is 35.2 Å². The van der Waals surface area contributed by atoms with E-state index in [1.165, 1.54) is 30.3 Å². The number of hydrogen-bond acceptors (Lipinski definition) is 18. The Hall–Kier alpha value is -5.29. The molecule has 0 spiro atoms. The Kier molecular flexibility index (Phi) is 9.97. The molecule has 0 bridgehead atoms. The van der Waals surface area contributed by atoms with Crippen LogP contribution < -0.4 is 9.47 Å². The maximum atomic E-state index is 12.2.